The highest BCUT2D eigenvalue weighted by molar-refractivity contribution is 14.1. The summed E-state index contributed by atoms with van der Waals surface area (Å²) in [5.41, 5.74) is 0.821. The van der Waals surface area contributed by atoms with Crippen LogP contribution in [0, 0.1) is 9.49 Å². The van der Waals surface area contributed by atoms with Crippen LogP contribution in [0.3, 0.4) is 0 Å². The van der Waals surface area contributed by atoms with Crippen LogP contribution >= 0.6 is 38.5 Å². The van der Waals surface area contributed by atoms with E-state index in [0.717, 1.165) is 33.1 Å². The van der Waals surface area contributed by atoms with Crippen LogP contribution in [0.2, 0.25) is 0 Å². The molecule has 1 aromatic rings. The fourth-order valence-corrected chi connectivity index (χ4v) is 3.34. The third-order valence-electron chi connectivity index (χ3n) is 3.54. The van der Waals surface area contributed by atoms with E-state index < -0.39 is 0 Å². The minimum absolute atomic E-state index is 0.179. The average molecular weight is 422 g/mol. The topological polar surface area (TPSA) is 20.3 Å². The quantitative estimate of drug-likeness (QED) is 0.651. The fraction of sp³-hybridized carbons (Fsp3) is 0.500. The van der Waals surface area contributed by atoms with Gasteiger partial charge in [0, 0.05) is 21.1 Å². The summed E-state index contributed by atoms with van der Waals surface area (Å²) in [6, 6.07) is 5.89. The van der Waals surface area contributed by atoms with Crippen molar-refractivity contribution >= 4 is 44.4 Å². The van der Waals surface area contributed by atoms with Gasteiger partial charge in [-0.05, 0) is 59.5 Å². The Labute approximate surface area is 130 Å². The Hall–Kier alpha value is -0.100. The summed E-state index contributed by atoms with van der Waals surface area (Å²) >= 11 is 5.67. The van der Waals surface area contributed by atoms with Crippen molar-refractivity contribution in [2.24, 2.45) is 5.92 Å². The molecule has 0 radical (unpaired) electrons. The van der Waals surface area contributed by atoms with Gasteiger partial charge >= 0.3 is 0 Å². The first kappa shape index (κ1) is 14.3. The van der Waals surface area contributed by atoms with Crippen molar-refractivity contribution in [3.8, 4) is 0 Å². The van der Waals surface area contributed by atoms with Crippen LogP contribution in [0.1, 0.15) is 36.5 Å². The first-order valence-electron chi connectivity index (χ1n) is 6.36. The molecule has 1 fully saturated rings. The van der Waals surface area contributed by atoms with Crippen molar-refractivity contribution in [1.82, 2.24) is 4.90 Å². The summed E-state index contributed by atoms with van der Waals surface area (Å²) in [5.74, 6) is 0.853. The Morgan fingerprint density at radius 3 is 3.06 bits per heavy atom. The molecule has 1 aliphatic rings. The van der Waals surface area contributed by atoms with Gasteiger partial charge in [-0.2, -0.15) is 0 Å². The number of carbonyl (C=O) groups is 1. The second-order valence-electron chi connectivity index (χ2n) is 4.79. The zero-order valence-corrected chi connectivity index (χ0v) is 14.2. The lowest BCUT2D eigenvalue weighted by atomic mass is 9.95. The van der Waals surface area contributed by atoms with E-state index in [1.165, 1.54) is 12.8 Å². The van der Waals surface area contributed by atoms with Crippen molar-refractivity contribution in [2.45, 2.75) is 26.2 Å². The number of benzene rings is 1. The monoisotopic (exact) mass is 421 g/mol. The van der Waals surface area contributed by atoms with Gasteiger partial charge < -0.3 is 4.90 Å². The van der Waals surface area contributed by atoms with Crippen LogP contribution in [0.5, 0.6) is 0 Å². The van der Waals surface area contributed by atoms with E-state index in [1.54, 1.807) is 0 Å². The number of amides is 1. The first-order chi connectivity index (χ1) is 8.61. The lowest BCUT2D eigenvalue weighted by Crippen LogP contribution is -2.40. The van der Waals surface area contributed by atoms with Crippen LogP contribution in [-0.2, 0) is 0 Å². The fourth-order valence-electron chi connectivity index (χ4n) is 2.41. The molecule has 1 unspecified atom stereocenters. The summed E-state index contributed by atoms with van der Waals surface area (Å²) in [6.45, 7) is 4.03. The molecule has 98 valence electrons. The zero-order chi connectivity index (χ0) is 13.1. The van der Waals surface area contributed by atoms with E-state index in [0.29, 0.717) is 5.92 Å². The summed E-state index contributed by atoms with van der Waals surface area (Å²) in [6.07, 6.45) is 3.56. The number of likely N-dealkylation sites (tertiary alicyclic amines) is 1. The lowest BCUT2D eigenvalue weighted by Gasteiger charge is -2.32. The molecule has 4 heteroatoms. The molecular weight excluding hydrogens is 405 g/mol. The number of hydrogen-bond acceptors (Lipinski definition) is 1. The van der Waals surface area contributed by atoms with Crippen molar-refractivity contribution < 1.29 is 4.79 Å². The SMILES string of the molecule is CCC1CCCN(C(=O)c2cc(Br)ccc2I)C1. The highest BCUT2D eigenvalue weighted by atomic mass is 127. The van der Waals surface area contributed by atoms with Gasteiger partial charge in [-0.15, -0.1) is 0 Å². The van der Waals surface area contributed by atoms with Gasteiger partial charge in [0.25, 0.3) is 5.91 Å². The molecule has 0 spiro atoms. The number of carbonyl (C=O) groups excluding carboxylic acids is 1. The van der Waals surface area contributed by atoms with Gasteiger partial charge in [0.15, 0.2) is 0 Å². The normalized spacial score (nSPS) is 19.9. The summed E-state index contributed by atoms with van der Waals surface area (Å²) in [4.78, 5) is 14.6. The van der Waals surface area contributed by atoms with Crippen molar-refractivity contribution in [2.75, 3.05) is 13.1 Å². The minimum atomic E-state index is 0.179. The molecule has 0 N–H and O–H groups in total. The van der Waals surface area contributed by atoms with Crippen LogP contribution in [0.4, 0.5) is 0 Å². The van der Waals surface area contributed by atoms with E-state index in [2.05, 4.69) is 45.4 Å². The Morgan fingerprint density at radius 2 is 2.33 bits per heavy atom. The Kier molecular flexibility index (Phi) is 5.06. The molecular formula is C14H17BrINO. The van der Waals surface area contributed by atoms with Gasteiger partial charge in [-0.25, -0.2) is 0 Å². The Balaban J connectivity index is 2.17. The van der Waals surface area contributed by atoms with Crippen LogP contribution in [0.15, 0.2) is 22.7 Å². The largest absolute Gasteiger partial charge is 0.338 e. The summed E-state index contributed by atoms with van der Waals surface area (Å²) in [5, 5.41) is 0. The average Bonchev–Trinajstić information content (AvgIpc) is 2.41. The molecule has 0 bridgehead atoms. The molecule has 2 nitrogen and oxygen atoms in total. The molecule has 1 saturated heterocycles. The Bertz CT molecular complexity index is 449. The van der Waals surface area contributed by atoms with Crippen LogP contribution in [-0.4, -0.2) is 23.9 Å². The van der Waals surface area contributed by atoms with E-state index in [4.69, 9.17) is 0 Å². The lowest BCUT2D eigenvalue weighted by molar-refractivity contribution is 0.0670. The smallest absolute Gasteiger partial charge is 0.254 e. The molecule has 1 amide bonds. The zero-order valence-electron chi connectivity index (χ0n) is 10.5. The molecule has 1 heterocycles. The second-order valence-corrected chi connectivity index (χ2v) is 6.87. The van der Waals surface area contributed by atoms with Crippen molar-refractivity contribution in [3.63, 3.8) is 0 Å². The molecule has 1 aromatic carbocycles. The summed E-state index contributed by atoms with van der Waals surface area (Å²) < 4.78 is 2.00. The van der Waals surface area contributed by atoms with Gasteiger partial charge in [-0.1, -0.05) is 29.3 Å². The maximum atomic E-state index is 12.5. The number of halogens is 2. The van der Waals surface area contributed by atoms with Crippen molar-refractivity contribution in [1.29, 1.82) is 0 Å². The van der Waals surface area contributed by atoms with E-state index >= 15 is 0 Å². The molecule has 18 heavy (non-hydrogen) atoms. The van der Waals surface area contributed by atoms with E-state index in [9.17, 15) is 4.79 Å². The number of piperidine rings is 1. The maximum Gasteiger partial charge on any atom is 0.254 e. The minimum Gasteiger partial charge on any atom is -0.338 e. The molecule has 1 aliphatic heterocycles. The van der Waals surface area contributed by atoms with Gasteiger partial charge in [-0.3, -0.25) is 4.79 Å². The second kappa shape index (κ2) is 6.37. The number of rotatable bonds is 2. The first-order valence-corrected chi connectivity index (χ1v) is 8.23. The highest BCUT2D eigenvalue weighted by Gasteiger charge is 2.24. The van der Waals surface area contributed by atoms with Crippen LogP contribution < -0.4 is 0 Å². The standard InChI is InChI=1S/C14H17BrINO/c1-2-10-4-3-7-17(9-10)14(18)12-8-11(15)5-6-13(12)16/h5-6,8,10H,2-4,7,9H2,1H3. The Morgan fingerprint density at radius 1 is 1.56 bits per heavy atom. The third kappa shape index (κ3) is 3.26. The third-order valence-corrected chi connectivity index (χ3v) is 4.98. The predicted octanol–water partition coefficient (Wildman–Crippen LogP) is 4.32. The van der Waals surface area contributed by atoms with Crippen molar-refractivity contribution in [3.05, 3.63) is 31.8 Å². The molecule has 0 aromatic heterocycles. The number of hydrogen-bond donors (Lipinski definition) is 0. The maximum absolute atomic E-state index is 12.5. The molecule has 2 rings (SSSR count). The highest BCUT2D eigenvalue weighted by Crippen LogP contribution is 2.24. The van der Waals surface area contributed by atoms with Gasteiger partial charge in [0.05, 0.1) is 5.56 Å². The van der Waals surface area contributed by atoms with Gasteiger partial charge in [0.2, 0.25) is 0 Å². The number of nitrogens with zero attached hydrogens (tertiary/aromatic N) is 1. The van der Waals surface area contributed by atoms with E-state index in [-0.39, 0.29) is 5.91 Å². The van der Waals surface area contributed by atoms with Crippen LogP contribution in [0.25, 0.3) is 0 Å². The van der Waals surface area contributed by atoms with E-state index in [1.807, 2.05) is 23.1 Å². The van der Waals surface area contributed by atoms with Gasteiger partial charge in [0.1, 0.15) is 0 Å². The molecule has 0 saturated carbocycles. The predicted molar refractivity (Wildman–Crippen MR) is 85.8 cm³/mol. The summed E-state index contributed by atoms with van der Waals surface area (Å²) in [7, 11) is 0. The molecule has 1 atom stereocenters. The molecule has 0 aliphatic carbocycles.